The van der Waals surface area contributed by atoms with Crippen LogP contribution < -0.4 is 11.1 Å². The fourth-order valence-electron chi connectivity index (χ4n) is 2.90. The number of amides is 1. The normalized spacial score (nSPS) is 21.2. The van der Waals surface area contributed by atoms with Crippen LogP contribution in [-0.2, 0) is 10.3 Å². The van der Waals surface area contributed by atoms with E-state index in [0.29, 0.717) is 0 Å². The van der Waals surface area contributed by atoms with E-state index in [1.165, 1.54) is 25.3 Å². The number of anilines is 1. The minimum Gasteiger partial charge on any atom is -0.452 e. The zero-order chi connectivity index (χ0) is 22.1. The summed E-state index contributed by atoms with van der Waals surface area (Å²) in [5.74, 6) is -1.75. The molecule has 0 radical (unpaired) electrons. The zero-order valence-corrected chi connectivity index (χ0v) is 15.4. The van der Waals surface area contributed by atoms with Crippen molar-refractivity contribution in [1.29, 1.82) is 5.26 Å². The van der Waals surface area contributed by atoms with Gasteiger partial charge in [0, 0.05) is 18.2 Å². The maximum absolute atomic E-state index is 14.4. The Balaban J connectivity index is 1.90. The summed E-state index contributed by atoms with van der Waals surface area (Å²) in [5, 5.41) is 11.2. The number of alkyl halides is 3. The third-order valence-electron chi connectivity index (χ3n) is 4.37. The van der Waals surface area contributed by atoms with E-state index in [1.54, 1.807) is 0 Å². The maximum Gasteiger partial charge on any atom is 0.425 e. The molecule has 30 heavy (non-hydrogen) atoms. The Morgan fingerprint density at radius 3 is 2.70 bits per heavy atom. The highest BCUT2D eigenvalue weighted by Crippen LogP contribution is 2.40. The number of carbonyl (C=O) groups excluding carboxylic acids is 1. The van der Waals surface area contributed by atoms with Crippen LogP contribution in [-0.4, -0.2) is 34.2 Å². The van der Waals surface area contributed by atoms with E-state index in [2.05, 4.69) is 25.0 Å². The molecule has 1 aliphatic heterocycles. The Labute approximate surface area is 167 Å². The van der Waals surface area contributed by atoms with Gasteiger partial charge in [-0.2, -0.15) is 22.8 Å². The molecule has 1 aliphatic rings. The van der Waals surface area contributed by atoms with Crippen molar-refractivity contribution in [3.63, 3.8) is 0 Å². The number of nitrogens with two attached hydrogens (primary N) is 1. The van der Waals surface area contributed by atoms with E-state index in [1.807, 2.05) is 6.07 Å². The van der Waals surface area contributed by atoms with E-state index in [-0.39, 0.29) is 22.5 Å². The highest BCUT2D eigenvalue weighted by molar-refractivity contribution is 6.02. The number of carbonyl (C=O) groups is 1. The van der Waals surface area contributed by atoms with Gasteiger partial charge in [0.15, 0.2) is 6.10 Å². The SMILES string of the molecule is C[C@]1(c2cc(NC(=O)c3ccc(C#N)cn3)cnc2F)C[C@@H](C(F)(F)F)OC(N)=N1. The third-order valence-corrected chi connectivity index (χ3v) is 4.37. The number of nitrogens with zero attached hydrogens (tertiary/aromatic N) is 4. The molecule has 3 rings (SSSR count). The molecule has 0 spiro atoms. The van der Waals surface area contributed by atoms with Gasteiger partial charge in [-0.3, -0.25) is 4.79 Å². The average Bonchev–Trinajstić information content (AvgIpc) is 2.68. The zero-order valence-electron chi connectivity index (χ0n) is 15.4. The number of rotatable bonds is 3. The number of nitriles is 1. The van der Waals surface area contributed by atoms with Gasteiger partial charge in [-0.25, -0.2) is 15.0 Å². The molecule has 0 unspecified atom stereocenters. The average molecular weight is 422 g/mol. The van der Waals surface area contributed by atoms with Crippen LogP contribution in [0.3, 0.4) is 0 Å². The van der Waals surface area contributed by atoms with Crippen molar-refractivity contribution < 1.29 is 27.1 Å². The van der Waals surface area contributed by atoms with Gasteiger partial charge in [-0.15, -0.1) is 0 Å². The van der Waals surface area contributed by atoms with Gasteiger partial charge in [-0.05, 0) is 25.1 Å². The molecule has 2 atom stereocenters. The molecule has 3 N–H and O–H groups in total. The van der Waals surface area contributed by atoms with E-state index in [0.717, 1.165) is 12.3 Å². The molecule has 156 valence electrons. The molecule has 3 heterocycles. The Morgan fingerprint density at radius 2 is 2.10 bits per heavy atom. The van der Waals surface area contributed by atoms with Gasteiger partial charge in [0.1, 0.15) is 11.8 Å². The summed E-state index contributed by atoms with van der Waals surface area (Å²) in [6.45, 7) is 1.26. The van der Waals surface area contributed by atoms with Gasteiger partial charge in [0.05, 0.1) is 23.0 Å². The predicted molar refractivity (Wildman–Crippen MR) is 95.6 cm³/mol. The molecular formula is C18H14F4N6O2. The lowest BCUT2D eigenvalue weighted by molar-refractivity contribution is -0.208. The maximum atomic E-state index is 14.4. The van der Waals surface area contributed by atoms with Crippen LogP contribution in [0.2, 0.25) is 0 Å². The van der Waals surface area contributed by atoms with Crippen molar-refractivity contribution in [3.8, 4) is 6.07 Å². The second-order valence-corrected chi connectivity index (χ2v) is 6.64. The number of nitrogens with one attached hydrogen (secondary N) is 1. The second-order valence-electron chi connectivity index (χ2n) is 6.64. The number of ether oxygens (including phenoxy) is 1. The highest BCUT2D eigenvalue weighted by atomic mass is 19.4. The summed E-state index contributed by atoms with van der Waals surface area (Å²) in [5.41, 5.74) is 3.59. The number of pyridine rings is 2. The van der Waals surface area contributed by atoms with E-state index < -0.39 is 42.1 Å². The molecular weight excluding hydrogens is 408 g/mol. The predicted octanol–water partition coefficient (Wildman–Crippen LogP) is 2.62. The lowest BCUT2D eigenvalue weighted by atomic mass is 9.86. The van der Waals surface area contributed by atoms with Gasteiger partial charge in [-0.1, -0.05) is 0 Å². The number of halogens is 4. The van der Waals surface area contributed by atoms with Gasteiger partial charge in [0.2, 0.25) is 5.95 Å². The minimum absolute atomic E-state index is 0.00704. The van der Waals surface area contributed by atoms with Crippen LogP contribution in [0.25, 0.3) is 0 Å². The van der Waals surface area contributed by atoms with E-state index >= 15 is 0 Å². The molecule has 0 fully saturated rings. The molecule has 1 amide bonds. The summed E-state index contributed by atoms with van der Waals surface area (Å²) < 4.78 is 58.3. The fraction of sp³-hybridized carbons (Fsp3) is 0.278. The quantitative estimate of drug-likeness (QED) is 0.578. The van der Waals surface area contributed by atoms with Crippen molar-refractivity contribution in [2.75, 3.05) is 5.32 Å². The van der Waals surface area contributed by atoms with Crippen molar-refractivity contribution in [2.24, 2.45) is 10.7 Å². The van der Waals surface area contributed by atoms with Crippen molar-refractivity contribution in [2.45, 2.75) is 31.2 Å². The molecule has 2 aromatic rings. The first-order valence-electron chi connectivity index (χ1n) is 8.44. The van der Waals surface area contributed by atoms with Crippen LogP contribution in [0.4, 0.5) is 23.2 Å². The van der Waals surface area contributed by atoms with Gasteiger partial charge >= 0.3 is 6.18 Å². The number of hydrogen-bond donors (Lipinski definition) is 2. The number of amidine groups is 1. The summed E-state index contributed by atoms with van der Waals surface area (Å²) in [6.07, 6.45) is -5.55. The number of aromatic nitrogens is 2. The Bertz CT molecular complexity index is 1050. The van der Waals surface area contributed by atoms with Crippen LogP contribution in [0.5, 0.6) is 0 Å². The fourth-order valence-corrected chi connectivity index (χ4v) is 2.90. The Hall–Kier alpha value is -3.75. The summed E-state index contributed by atoms with van der Waals surface area (Å²) in [4.78, 5) is 23.5. The standard InChI is InChI=1S/C18H14F4N6O2/c1-17(5-13(18(20,21)22)30-16(24)28-17)11-4-10(8-26-14(11)19)27-15(29)12-3-2-9(6-23)7-25-12/h2-4,7-8,13H,5H2,1H3,(H2,24,28)(H,27,29)/t13-,17+/m0/s1. The molecule has 8 nitrogen and oxygen atoms in total. The summed E-state index contributed by atoms with van der Waals surface area (Å²) in [6, 6.07) is 4.94. The molecule has 0 saturated heterocycles. The monoisotopic (exact) mass is 422 g/mol. The molecule has 0 aliphatic carbocycles. The second kappa shape index (κ2) is 7.58. The molecule has 0 bridgehead atoms. The first kappa shape index (κ1) is 21.0. The lowest BCUT2D eigenvalue weighted by Crippen LogP contribution is -2.46. The third kappa shape index (κ3) is 4.29. The largest absolute Gasteiger partial charge is 0.452 e. The minimum atomic E-state index is -4.74. The number of aliphatic imine (C=N–C) groups is 1. The van der Waals surface area contributed by atoms with Crippen LogP contribution >= 0.6 is 0 Å². The first-order valence-corrected chi connectivity index (χ1v) is 8.44. The Morgan fingerprint density at radius 1 is 1.37 bits per heavy atom. The van der Waals surface area contributed by atoms with Crippen molar-refractivity contribution in [1.82, 2.24) is 9.97 Å². The molecule has 2 aromatic heterocycles. The molecule has 12 heteroatoms. The summed E-state index contributed by atoms with van der Waals surface area (Å²) >= 11 is 0. The van der Waals surface area contributed by atoms with Crippen molar-refractivity contribution >= 4 is 17.6 Å². The highest BCUT2D eigenvalue weighted by Gasteiger charge is 2.50. The Kier molecular flexibility index (Phi) is 5.30. The smallest absolute Gasteiger partial charge is 0.425 e. The first-order chi connectivity index (χ1) is 14.0. The van der Waals surface area contributed by atoms with Crippen LogP contribution in [0.15, 0.2) is 35.6 Å². The van der Waals surface area contributed by atoms with Gasteiger partial charge < -0.3 is 15.8 Å². The van der Waals surface area contributed by atoms with Gasteiger partial charge in [0.25, 0.3) is 11.9 Å². The van der Waals surface area contributed by atoms with Crippen LogP contribution in [0.1, 0.15) is 35.0 Å². The van der Waals surface area contributed by atoms with Crippen LogP contribution in [0, 0.1) is 17.3 Å². The van der Waals surface area contributed by atoms with Crippen molar-refractivity contribution in [3.05, 3.63) is 53.4 Å². The molecule has 0 saturated carbocycles. The molecule has 0 aromatic carbocycles. The number of hydrogen-bond acceptors (Lipinski definition) is 7. The topological polar surface area (TPSA) is 126 Å². The van der Waals surface area contributed by atoms with E-state index in [4.69, 9.17) is 11.0 Å². The van der Waals surface area contributed by atoms with E-state index in [9.17, 15) is 22.4 Å². The lowest BCUT2D eigenvalue weighted by Gasteiger charge is -2.35. The summed E-state index contributed by atoms with van der Waals surface area (Å²) in [7, 11) is 0.